The lowest BCUT2D eigenvalue weighted by Gasteiger charge is -2.43. The first-order valence-electron chi connectivity index (χ1n) is 7.36. The predicted octanol–water partition coefficient (Wildman–Crippen LogP) is 3.44. The molecule has 0 heterocycles. The highest BCUT2D eigenvalue weighted by Crippen LogP contribution is 2.43. The first-order chi connectivity index (χ1) is 8.38. The minimum Gasteiger partial charge on any atom is -0.480 e. The molecular formula is C15H29NO2. The summed E-state index contributed by atoms with van der Waals surface area (Å²) in [6.45, 7) is 9.73. The predicted molar refractivity (Wildman–Crippen MR) is 74.7 cm³/mol. The van der Waals surface area contributed by atoms with E-state index in [1.54, 1.807) is 0 Å². The Morgan fingerprint density at radius 2 is 1.89 bits per heavy atom. The summed E-state index contributed by atoms with van der Waals surface area (Å²) >= 11 is 0. The van der Waals surface area contributed by atoms with E-state index >= 15 is 0 Å². The molecule has 1 saturated carbocycles. The van der Waals surface area contributed by atoms with E-state index in [1.807, 2.05) is 0 Å². The highest BCUT2D eigenvalue weighted by Gasteiger charge is 2.44. The topological polar surface area (TPSA) is 49.3 Å². The van der Waals surface area contributed by atoms with E-state index in [9.17, 15) is 9.90 Å². The fraction of sp³-hybridized carbons (Fsp3) is 0.933. The summed E-state index contributed by atoms with van der Waals surface area (Å²) < 4.78 is 0. The van der Waals surface area contributed by atoms with Crippen LogP contribution in [0.4, 0.5) is 0 Å². The van der Waals surface area contributed by atoms with Crippen LogP contribution >= 0.6 is 0 Å². The van der Waals surface area contributed by atoms with Gasteiger partial charge >= 0.3 is 5.97 Å². The number of hydrogen-bond acceptors (Lipinski definition) is 2. The van der Waals surface area contributed by atoms with E-state index < -0.39 is 11.5 Å². The molecule has 0 aromatic heterocycles. The van der Waals surface area contributed by atoms with Crippen LogP contribution in [0.5, 0.6) is 0 Å². The molecule has 1 aliphatic carbocycles. The number of aliphatic carboxylic acids is 1. The molecule has 0 atom stereocenters. The van der Waals surface area contributed by atoms with Crippen molar-refractivity contribution in [2.75, 3.05) is 6.54 Å². The van der Waals surface area contributed by atoms with Gasteiger partial charge in [-0.25, -0.2) is 0 Å². The molecule has 3 nitrogen and oxygen atoms in total. The summed E-state index contributed by atoms with van der Waals surface area (Å²) in [4.78, 5) is 11.5. The van der Waals surface area contributed by atoms with Crippen LogP contribution in [0.2, 0.25) is 0 Å². The molecule has 0 saturated heterocycles. The standard InChI is InChI=1S/C15H29NO2/c1-5-11-16-15(13(17)18)9-7-12(8-10-15)14(3,4)6-2/h12,16H,5-11H2,1-4H3,(H,17,18). The maximum absolute atomic E-state index is 11.5. The van der Waals surface area contributed by atoms with Crippen molar-refractivity contribution in [1.29, 1.82) is 0 Å². The summed E-state index contributed by atoms with van der Waals surface area (Å²) in [6.07, 6.45) is 5.76. The van der Waals surface area contributed by atoms with Gasteiger partial charge < -0.3 is 10.4 Å². The molecule has 0 aromatic carbocycles. The molecule has 3 heteroatoms. The number of carbonyl (C=O) groups is 1. The van der Waals surface area contributed by atoms with Gasteiger partial charge in [0.2, 0.25) is 0 Å². The van der Waals surface area contributed by atoms with Crippen LogP contribution in [-0.2, 0) is 4.79 Å². The van der Waals surface area contributed by atoms with Crippen molar-refractivity contribution in [2.24, 2.45) is 11.3 Å². The van der Waals surface area contributed by atoms with Gasteiger partial charge in [0.15, 0.2) is 0 Å². The first-order valence-corrected chi connectivity index (χ1v) is 7.36. The van der Waals surface area contributed by atoms with E-state index in [-0.39, 0.29) is 0 Å². The van der Waals surface area contributed by atoms with E-state index in [1.165, 1.54) is 6.42 Å². The van der Waals surface area contributed by atoms with Crippen LogP contribution < -0.4 is 5.32 Å². The number of hydrogen-bond donors (Lipinski definition) is 2. The molecule has 0 amide bonds. The monoisotopic (exact) mass is 255 g/mol. The molecule has 1 fully saturated rings. The van der Waals surface area contributed by atoms with Crippen molar-refractivity contribution < 1.29 is 9.90 Å². The maximum atomic E-state index is 11.5. The second kappa shape index (κ2) is 6.05. The summed E-state index contributed by atoms with van der Waals surface area (Å²) in [5.41, 5.74) is -0.314. The Morgan fingerprint density at radius 3 is 2.28 bits per heavy atom. The van der Waals surface area contributed by atoms with E-state index in [4.69, 9.17) is 0 Å². The number of carboxylic acid groups (broad SMARTS) is 1. The second-order valence-corrected chi connectivity index (χ2v) is 6.43. The van der Waals surface area contributed by atoms with Gasteiger partial charge in [-0.05, 0) is 50.0 Å². The number of nitrogens with one attached hydrogen (secondary N) is 1. The number of rotatable bonds is 6. The van der Waals surface area contributed by atoms with E-state index in [2.05, 4.69) is 33.0 Å². The van der Waals surface area contributed by atoms with Gasteiger partial charge in [-0.3, -0.25) is 4.79 Å². The van der Waals surface area contributed by atoms with Crippen molar-refractivity contribution in [3.05, 3.63) is 0 Å². The molecular weight excluding hydrogens is 226 g/mol. The number of carboxylic acids is 1. The Hall–Kier alpha value is -0.570. The highest BCUT2D eigenvalue weighted by atomic mass is 16.4. The van der Waals surface area contributed by atoms with Crippen molar-refractivity contribution in [2.45, 2.75) is 71.8 Å². The summed E-state index contributed by atoms with van der Waals surface area (Å²) in [5, 5.41) is 12.8. The van der Waals surface area contributed by atoms with Crippen LogP contribution in [0.1, 0.15) is 66.2 Å². The maximum Gasteiger partial charge on any atom is 0.323 e. The fourth-order valence-corrected chi connectivity index (χ4v) is 3.01. The lowest BCUT2D eigenvalue weighted by Crippen LogP contribution is -2.55. The molecule has 0 spiro atoms. The van der Waals surface area contributed by atoms with Gasteiger partial charge in [-0.2, -0.15) is 0 Å². The lowest BCUT2D eigenvalue weighted by molar-refractivity contribution is -0.147. The third-order valence-electron chi connectivity index (χ3n) is 4.98. The van der Waals surface area contributed by atoms with Gasteiger partial charge in [0.05, 0.1) is 0 Å². The zero-order chi connectivity index (χ0) is 13.8. The van der Waals surface area contributed by atoms with Crippen molar-refractivity contribution >= 4 is 5.97 Å². The Morgan fingerprint density at radius 1 is 1.33 bits per heavy atom. The second-order valence-electron chi connectivity index (χ2n) is 6.43. The molecule has 0 radical (unpaired) electrons. The average molecular weight is 255 g/mol. The summed E-state index contributed by atoms with van der Waals surface area (Å²) in [6, 6.07) is 0. The van der Waals surface area contributed by atoms with Gasteiger partial charge in [0.1, 0.15) is 5.54 Å². The molecule has 18 heavy (non-hydrogen) atoms. The molecule has 2 N–H and O–H groups in total. The molecule has 0 aliphatic heterocycles. The van der Waals surface area contributed by atoms with Crippen molar-refractivity contribution in [3.63, 3.8) is 0 Å². The Kier molecular flexibility index (Phi) is 5.20. The zero-order valence-electron chi connectivity index (χ0n) is 12.4. The summed E-state index contributed by atoms with van der Waals surface area (Å²) in [5.74, 6) is 0.00195. The van der Waals surface area contributed by atoms with Crippen molar-refractivity contribution in [3.8, 4) is 0 Å². The summed E-state index contributed by atoms with van der Waals surface area (Å²) in [7, 11) is 0. The Bertz CT molecular complexity index is 278. The largest absolute Gasteiger partial charge is 0.480 e. The molecule has 0 aromatic rings. The Labute approximate surface area is 111 Å². The van der Waals surface area contributed by atoms with Crippen LogP contribution in [0.15, 0.2) is 0 Å². The van der Waals surface area contributed by atoms with Gasteiger partial charge in [-0.15, -0.1) is 0 Å². The SMILES string of the molecule is CCCNC1(C(=O)O)CCC(C(C)(C)CC)CC1. The molecule has 0 bridgehead atoms. The fourth-order valence-electron chi connectivity index (χ4n) is 3.01. The normalized spacial score (nSPS) is 29.2. The van der Waals surface area contributed by atoms with Crippen LogP contribution in [0.3, 0.4) is 0 Å². The highest BCUT2D eigenvalue weighted by molar-refractivity contribution is 5.78. The van der Waals surface area contributed by atoms with Gasteiger partial charge in [0, 0.05) is 0 Å². The van der Waals surface area contributed by atoms with Crippen LogP contribution in [-0.4, -0.2) is 23.2 Å². The third-order valence-corrected chi connectivity index (χ3v) is 4.98. The minimum absolute atomic E-state index is 0.343. The van der Waals surface area contributed by atoms with Crippen LogP contribution in [0, 0.1) is 11.3 Å². The Balaban J connectivity index is 2.66. The van der Waals surface area contributed by atoms with Gasteiger partial charge in [0.25, 0.3) is 0 Å². The molecule has 0 unspecified atom stereocenters. The smallest absolute Gasteiger partial charge is 0.323 e. The third kappa shape index (κ3) is 3.25. The van der Waals surface area contributed by atoms with E-state index in [0.717, 1.165) is 38.6 Å². The lowest BCUT2D eigenvalue weighted by atomic mass is 9.65. The quantitative estimate of drug-likeness (QED) is 0.764. The van der Waals surface area contributed by atoms with Crippen molar-refractivity contribution in [1.82, 2.24) is 5.32 Å². The average Bonchev–Trinajstić information content (AvgIpc) is 2.36. The zero-order valence-corrected chi connectivity index (χ0v) is 12.4. The van der Waals surface area contributed by atoms with Gasteiger partial charge in [-0.1, -0.05) is 34.1 Å². The van der Waals surface area contributed by atoms with E-state index in [0.29, 0.717) is 11.3 Å². The molecule has 106 valence electrons. The first kappa shape index (κ1) is 15.5. The van der Waals surface area contributed by atoms with Crippen LogP contribution in [0.25, 0.3) is 0 Å². The molecule has 1 rings (SSSR count). The minimum atomic E-state index is -0.663. The molecule has 1 aliphatic rings.